The summed E-state index contributed by atoms with van der Waals surface area (Å²) in [4.78, 5) is 25.9. The normalized spacial score (nSPS) is 13.4. The van der Waals surface area contributed by atoms with Gasteiger partial charge in [0.2, 0.25) is 0 Å². The fourth-order valence-electron chi connectivity index (χ4n) is 2.80. The zero-order valence-electron chi connectivity index (χ0n) is 13.7. The topological polar surface area (TPSA) is 68.1 Å². The number of fused-ring (bicyclic) bond motifs is 1. The molecule has 3 aromatic rings. The highest BCUT2D eigenvalue weighted by molar-refractivity contribution is 7.99. The first-order valence-electron chi connectivity index (χ1n) is 7.80. The number of imide groups is 1. The van der Waals surface area contributed by atoms with E-state index in [9.17, 15) is 14.0 Å². The van der Waals surface area contributed by atoms with Crippen LogP contribution >= 0.6 is 11.8 Å². The predicted molar refractivity (Wildman–Crippen MR) is 94.1 cm³/mol. The lowest BCUT2D eigenvalue weighted by atomic mass is 10.1. The van der Waals surface area contributed by atoms with Crippen LogP contribution in [0.2, 0.25) is 0 Å². The molecule has 0 bridgehead atoms. The maximum Gasteiger partial charge on any atom is 0.262 e. The highest BCUT2D eigenvalue weighted by atomic mass is 32.2. The van der Waals surface area contributed by atoms with Gasteiger partial charge in [-0.1, -0.05) is 36.0 Å². The summed E-state index contributed by atoms with van der Waals surface area (Å²) < 4.78 is 15.6. The Morgan fingerprint density at radius 2 is 1.50 bits per heavy atom. The molecule has 6 nitrogen and oxygen atoms in total. The molecule has 4 rings (SSSR count). The molecular weight excluding hydrogens is 355 g/mol. The van der Waals surface area contributed by atoms with Gasteiger partial charge in [0.25, 0.3) is 11.8 Å². The van der Waals surface area contributed by atoms with E-state index in [4.69, 9.17) is 0 Å². The van der Waals surface area contributed by atoms with E-state index in [1.54, 1.807) is 54.1 Å². The monoisotopic (exact) mass is 368 g/mol. The molecule has 0 unspecified atom stereocenters. The van der Waals surface area contributed by atoms with E-state index in [0.29, 0.717) is 27.7 Å². The Balaban J connectivity index is 1.54. The Morgan fingerprint density at radius 3 is 2.12 bits per heavy atom. The third kappa shape index (κ3) is 2.59. The molecule has 0 N–H and O–H groups in total. The number of hydrogen-bond acceptors (Lipinski definition) is 5. The van der Waals surface area contributed by atoms with E-state index in [-0.39, 0.29) is 23.5 Å². The summed E-state index contributed by atoms with van der Waals surface area (Å²) >= 11 is 1.19. The number of rotatable bonds is 4. The maximum absolute atomic E-state index is 14.0. The molecule has 2 heterocycles. The lowest BCUT2D eigenvalue weighted by Gasteiger charge is -2.12. The Labute approximate surface area is 152 Å². The molecule has 0 saturated carbocycles. The number of nitrogens with zero attached hydrogens (tertiary/aromatic N) is 4. The van der Waals surface area contributed by atoms with Crippen LogP contribution in [0.4, 0.5) is 4.39 Å². The lowest BCUT2D eigenvalue weighted by Crippen LogP contribution is -2.29. The molecule has 2 aromatic carbocycles. The van der Waals surface area contributed by atoms with Crippen LogP contribution in [0.3, 0.4) is 0 Å². The van der Waals surface area contributed by atoms with Gasteiger partial charge in [0.15, 0.2) is 11.0 Å². The lowest BCUT2D eigenvalue weighted by molar-refractivity contribution is 0.0684. The van der Waals surface area contributed by atoms with Gasteiger partial charge in [-0.05, 0) is 24.3 Å². The van der Waals surface area contributed by atoms with Gasteiger partial charge in [-0.15, -0.1) is 10.2 Å². The minimum atomic E-state index is -0.389. The van der Waals surface area contributed by atoms with Crippen LogP contribution in [-0.4, -0.2) is 37.4 Å². The largest absolute Gasteiger partial charge is 0.305 e. The van der Waals surface area contributed by atoms with Crippen LogP contribution in [0.15, 0.2) is 53.7 Å². The molecule has 1 aliphatic rings. The second-order valence-corrected chi connectivity index (χ2v) is 6.61. The molecule has 8 heteroatoms. The highest BCUT2D eigenvalue weighted by Crippen LogP contribution is 2.28. The second-order valence-electron chi connectivity index (χ2n) is 5.70. The van der Waals surface area contributed by atoms with Gasteiger partial charge in [-0.25, -0.2) is 4.39 Å². The average Bonchev–Trinajstić information content (AvgIpc) is 3.13. The minimum absolute atomic E-state index is 0.107. The fourth-order valence-corrected chi connectivity index (χ4v) is 3.65. The quantitative estimate of drug-likeness (QED) is 0.523. The van der Waals surface area contributed by atoms with Crippen LogP contribution in [-0.2, 0) is 7.05 Å². The molecular formula is C18H13FN4O2S. The number of hydrogen-bond donors (Lipinski definition) is 0. The van der Waals surface area contributed by atoms with Crippen molar-refractivity contribution in [2.45, 2.75) is 5.16 Å². The van der Waals surface area contributed by atoms with Crippen molar-refractivity contribution in [3.8, 4) is 11.4 Å². The fraction of sp³-hybridized carbons (Fsp3) is 0.111. The summed E-state index contributed by atoms with van der Waals surface area (Å²) in [5.41, 5.74) is 1.15. The molecule has 0 saturated heterocycles. The zero-order valence-corrected chi connectivity index (χ0v) is 14.5. The van der Waals surface area contributed by atoms with E-state index < -0.39 is 0 Å². The SMILES string of the molecule is Cn1c(SCN2C(=O)c3ccccc3C2=O)nnc1-c1ccccc1F. The first-order valence-corrected chi connectivity index (χ1v) is 8.79. The molecule has 0 radical (unpaired) electrons. The maximum atomic E-state index is 14.0. The third-order valence-electron chi connectivity index (χ3n) is 4.15. The Morgan fingerprint density at radius 1 is 0.923 bits per heavy atom. The average molecular weight is 368 g/mol. The molecule has 0 fully saturated rings. The Kier molecular flexibility index (Phi) is 4.04. The molecule has 0 aliphatic carbocycles. The van der Waals surface area contributed by atoms with Crippen molar-refractivity contribution in [1.82, 2.24) is 19.7 Å². The molecule has 2 amide bonds. The predicted octanol–water partition coefficient (Wildman–Crippen LogP) is 2.97. The van der Waals surface area contributed by atoms with Gasteiger partial charge in [0.1, 0.15) is 5.82 Å². The van der Waals surface area contributed by atoms with E-state index in [2.05, 4.69) is 10.2 Å². The second kappa shape index (κ2) is 6.38. The number of halogens is 1. The van der Waals surface area contributed by atoms with Crippen molar-refractivity contribution < 1.29 is 14.0 Å². The van der Waals surface area contributed by atoms with Crippen molar-refractivity contribution in [1.29, 1.82) is 0 Å². The van der Waals surface area contributed by atoms with Gasteiger partial charge < -0.3 is 4.57 Å². The van der Waals surface area contributed by atoms with E-state index >= 15 is 0 Å². The van der Waals surface area contributed by atoms with Gasteiger partial charge in [0, 0.05) is 7.05 Å². The number of aromatic nitrogens is 3. The number of carbonyl (C=O) groups is 2. The van der Waals surface area contributed by atoms with Crippen molar-refractivity contribution in [3.63, 3.8) is 0 Å². The molecule has 0 atom stereocenters. The van der Waals surface area contributed by atoms with Crippen molar-refractivity contribution >= 4 is 23.6 Å². The van der Waals surface area contributed by atoms with Crippen LogP contribution in [0, 0.1) is 5.82 Å². The molecule has 1 aromatic heterocycles. The molecule has 26 heavy (non-hydrogen) atoms. The third-order valence-corrected chi connectivity index (χ3v) is 5.15. The van der Waals surface area contributed by atoms with Crippen LogP contribution in [0.25, 0.3) is 11.4 Å². The number of amides is 2. The van der Waals surface area contributed by atoms with Gasteiger partial charge >= 0.3 is 0 Å². The van der Waals surface area contributed by atoms with Crippen molar-refractivity contribution in [2.24, 2.45) is 7.05 Å². The standard InChI is InChI=1S/C18H13FN4O2S/c1-22-15(13-8-4-5-9-14(13)19)20-21-18(22)26-10-23-16(24)11-6-2-3-7-12(11)17(23)25/h2-9H,10H2,1H3. The van der Waals surface area contributed by atoms with Crippen molar-refractivity contribution in [3.05, 3.63) is 65.5 Å². The summed E-state index contributed by atoms with van der Waals surface area (Å²) in [6, 6.07) is 13.0. The van der Waals surface area contributed by atoms with Gasteiger partial charge in [-0.2, -0.15) is 0 Å². The first-order chi connectivity index (χ1) is 12.6. The molecule has 0 spiro atoms. The Hall–Kier alpha value is -3.00. The van der Waals surface area contributed by atoms with Crippen LogP contribution < -0.4 is 0 Å². The minimum Gasteiger partial charge on any atom is -0.305 e. The summed E-state index contributed by atoms with van der Waals surface area (Å²) in [5, 5.41) is 8.57. The smallest absolute Gasteiger partial charge is 0.262 e. The Bertz CT molecular complexity index is 999. The van der Waals surface area contributed by atoms with Crippen LogP contribution in [0.1, 0.15) is 20.7 Å². The number of carbonyl (C=O) groups excluding carboxylic acids is 2. The summed E-state index contributed by atoms with van der Waals surface area (Å²) in [6.45, 7) is 0. The number of thioether (sulfide) groups is 1. The van der Waals surface area contributed by atoms with Crippen molar-refractivity contribution in [2.75, 3.05) is 5.88 Å². The van der Waals surface area contributed by atoms with E-state index in [1.807, 2.05) is 0 Å². The first kappa shape index (κ1) is 16.5. The number of benzene rings is 2. The van der Waals surface area contributed by atoms with Gasteiger partial charge in [-0.3, -0.25) is 14.5 Å². The van der Waals surface area contributed by atoms with E-state index in [0.717, 1.165) is 0 Å². The molecule has 130 valence electrons. The van der Waals surface area contributed by atoms with E-state index in [1.165, 1.54) is 22.7 Å². The summed E-state index contributed by atoms with van der Waals surface area (Å²) in [5.74, 6) is -0.549. The van der Waals surface area contributed by atoms with Crippen LogP contribution in [0.5, 0.6) is 0 Å². The van der Waals surface area contributed by atoms with Gasteiger partial charge in [0.05, 0.1) is 22.6 Å². The zero-order chi connectivity index (χ0) is 18.3. The summed E-state index contributed by atoms with van der Waals surface area (Å²) in [7, 11) is 1.71. The summed E-state index contributed by atoms with van der Waals surface area (Å²) in [6.07, 6.45) is 0. The molecule has 1 aliphatic heterocycles. The highest BCUT2D eigenvalue weighted by Gasteiger charge is 2.35.